The molecule has 0 unspecified atom stereocenters. The van der Waals surface area contributed by atoms with Crippen LogP contribution >= 0.6 is 0 Å². The first-order valence-corrected chi connectivity index (χ1v) is 17.0. The minimum absolute atomic E-state index is 0.126. The minimum atomic E-state index is -0.820. The molecule has 16 atom stereocenters. The first-order chi connectivity index (χ1) is 20.5. The summed E-state index contributed by atoms with van der Waals surface area (Å²) in [6, 6.07) is 0. The van der Waals surface area contributed by atoms with Crippen LogP contribution in [0.3, 0.4) is 0 Å². The van der Waals surface area contributed by atoms with Crippen molar-refractivity contribution in [1.82, 2.24) is 0 Å². The molecule has 2 aliphatic carbocycles. The molecule has 10 heteroatoms. The Balaban J connectivity index is 1.10. The van der Waals surface area contributed by atoms with Crippen molar-refractivity contribution in [3.63, 3.8) is 0 Å². The number of nitrogens with zero attached hydrogens (tertiary/aromatic N) is 1. The van der Waals surface area contributed by atoms with Crippen LogP contribution in [-0.4, -0.2) is 60.4 Å². The van der Waals surface area contributed by atoms with Crippen molar-refractivity contribution < 1.29 is 43.3 Å². The Morgan fingerprint density at radius 2 is 1.21 bits per heavy atom. The lowest BCUT2D eigenvalue weighted by molar-refractivity contribution is -0.571. The van der Waals surface area contributed by atoms with Crippen LogP contribution in [0, 0.1) is 47.3 Å². The quantitative estimate of drug-likeness (QED) is 0.221. The molecule has 0 N–H and O–H groups in total. The maximum absolute atomic E-state index is 6.97. The maximum atomic E-state index is 6.97. The van der Waals surface area contributed by atoms with Gasteiger partial charge in [-0.3, -0.25) is 0 Å². The van der Waals surface area contributed by atoms with Crippen molar-refractivity contribution >= 4 is 5.71 Å². The molecular weight excluding hydrogens is 554 g/mol. The summed E-state index contributed by atoms with van der Waals surface area (Å²) < 4.78 is 27.2. The SMILES string of the molecule is CO/N=C(\C[C@H]1O[C@@H]2O[C@@]3(C)CC[C@H]4[C@H](C)CC[C@@H]([C@H]1C)[C@@]24OO3)[C@H]1O[C@@H]2O[C@@]3(C)CC[C@H]4[C@H](C)CC[C@@H]([C@H]1C)[C@@]24OO3. The molecule has 0 aromatic heterocycles. The lowest BCUT2D eigenvalue weighted by Crippen LogP contribution is -2.71. The summed E-state index contributed by atoms with van der Waals surface area (Å²) in [4.78, 5) is 30.3. The lowest BCUT2D eigenvalue weighted by Gasteiger charge is -2.61. The molecule has 10 nitrogen and oxygen atoms in total. The number of fused-ring (bicyclic) bond motifs is 4. The van der Waals surface area contributed by atoms with Gasteiger partial charge in [-0.05, 0) is 87.9 Å². The van der Waals surface area contributed by atoms with Crippen LogP contribution in [-0.2, 0) is 43.3 Å². The zero-order valence-corrected chi connectivity index (χ0v) is 26.9. The number of ether oxygens (including phenoxy) is 4. The molecule has 8 heterocycles. The van der Waals surface area contributed by atoms with E-state index in [0.29, 0.717) is 30.1 Å². The zero-order valence-electron chi connectivity index (χ0n) is 26.9. The van der Waals surface area contributed by atoms with Crippen LogP contribution in [0.25, 0.3) is 0 Å². The van der Waals surface area contributed by atoms with Crippen LogP contribution < -0.4 is 0 Å². The van der Waals surface area contributed by atoms with E-state index in [4.69, 9.17) is 43.3 Å². The monoisotopic (exact) mass is 605 g/mol. The standard InChI is InChI=1S/C33H51NO9/c1-17-8-10-23-19(3)26(36-28-32(23)21(17)12-14-30(5,38-28)40-42-32)16-25(34-35-7)27-20(4)24-11-9-18(2)22-13-15-31(6)39-29(37-27)33(22,24)43-41-31/h17-24,26-29H,8-16H2,1-7H3/b34-25+/t17-,18-,19-,20-,21+,22+,23+,24+,26-,27+,28-,29-,30-,31-,32-,33-/m1/s1. The highest BCUT2D eigenvalue weighted by atomic mass is 17.3. The minimum Gasteiger partial charge on any atom is -0.399 e. The highest BCUT2D eigenvalue weighted by molar-refractivity contribution is 5.89. The molecule has 10 rings (SSSR count). The summed E-state index contributed by atoms with van der Waals surface area (Å²) in [5.74, 6) is 0.863. The smallest absolute Gasteiger partial charge is 0.201 e. The van der Waals surface area contributed by atoms with Gasteiger partial charge in [0, 0.05) is 31.1 Å². The van der Waals surface area contributed by atoms with Gasteiger partial charge in [0.2, 0.25) is 11.6 Å². The van der Waals surface area contributed by atoms with Crippen LogP contribution in [0.1, 0.15) is 99.3 Å². The molecule has 0 radical (unpaired) electrons. The van der Waals surface area contributed by atoms with Crippen molar-refractivity contribution in [1.29, 1.82) is 0 Å². The van der Waals surface area contributed by atoms with Gasteiger partial charge < -0.3 is 23.8 Å². The molecule has 4 bridgehead atoms. The summed E-state index contributed by atoms with van der Waals surface area (Å²) in [5.41, 5.74) is -0.348. The predicted molar refractivity (Wildman–Crippen MR) is 153 cm³/mol. The molecule has 2 spiro atoms. The van der Waals surface area contributed by atoms with Crippen LogP contribution in [0.2, 0.25) is 0 Å². The fourth-order valence-corrected chi connectivity index (χ4v) is 11.0. The van der Waals surface area contributed by atoms with Gasteiger partial charge in [0.1, 0.15) is 13.2 Å². The van der Waals surface area contributed by atoms with E-state index in [2.05, 4.69) is 32.9 Å². The van der Waals surface area contributed by atoms with E-state index < -0.39 is 35.4 Å². The molecule has 2 saturated carbocycles. The molecule has 8 saturated heterocycles. The Kier molecular flexibility index (Phi) is 6.92. The maximum Gasteiger partial charge on any atom is 0.201 e. The second-order valence-corrected chi connectivity index (χ2v) is 15.7. The van der Waals surface area contributed by atoms with Gasteiger partial charge in [0.15, 0.2) is 23.8 Å². The van der Waals surface area contributed by atoms with Gasteiger partial charge in [-0.1, -0.05) is 32.9 Å². The Bertz CT molecular complexity index is 1140. The second kappa shape index (κ2) is 10.1. The fraction of sp³-hybridized carbons (Fsp3) is 0.970. The van der Waals surface area contributed by atoms with Crippen molar-refractivity contribution in [3.8, 4) is 0 Å². The summed E-state index contributed by atoms with van der Waals surface area (Å²) >= 11 is 0. The van der Waals surface area contributed by atoms with E-state index in [-0.39, 0.29) is 35.9 Å². The number of hydrogen-bond donors (Lipinski definition) is 0. The molecule has 0 aromatic carbocycles. The van der Waals surface area contributed by atoms with Gasteiger partial charge >= 0.3 is 0 Å². The van der Waals surface area contributed by atoms with Gasteiger partial charge in [-0.15, -0.1) is 0 Å². The van der Waals surface area contributed by atoms with Crippen LogP contribution in [0.4, 0.5) is 0 Å². The van der Waals surface area contributed by atoms with E-state index in [1.54, 1.807) is 7.11 Å². The van der Waals surface area contributed by atoms with Gasteiger partial charge in [0.25, 0.3) is 0 Å². The Hall–Kier alpha value is -0.850. The normalized spacial score (nSPS) is 59.1. The van der Waals surface area contributed by atoms with Gasteiger partial charge in [-0.2, -0.15) is 0 Å². The van der Waals surface area contributed by atoms with Crippen molar-refractivity contribution in [2.75, 3.05) is 7.11 Å². The second-order valence-electron chi connectivity index (χ2n) is 15.7. The summed E-state index contributed by atoms with van der Waals surface area (Å²) in [7, 11) is 1.61. The van der Waals surface area contributed by atoms with Crippen molar-refractivity contribution in [2.24, 2.45) is 52.5 Å². The third-order valence-corrected chi connectivity index (χ3v) is 13.4. The molecular formula is C33H51NO9. The topological polar surface area (TPSA) is 95.4 Å². The van der Waals surface area contributed by atoms with E-state index >= 15 is 0 Å². The number of oxime groups is 1. The number of hydrogen-bond acceptors (Lipinski definition) is 10. The van der Waals surface area contributed by atoms with Gasteiger partial charge in [-0.25, -0.2) is 19.6 Å². The summed E-state index contributed by atoms with van der Waals surface area (Å²) in [5, 5.41) is 4.65. The third kappa shape index (κ3) is 4.09. The Morgan fingerprint density at radius 3 is 1.77 bits per heavy atom. The molecule has 0 aromatic rings. The van der Waals surface area contributed by atoms with Crippen LogP contribution in [0.5, 0.6) is 0 Å². The fourth-order valence-electron chi connectivity index (χ4n) is 11.0. The first-order valence-electron chi connectivity index (χ1n) is 17.0. The predicted octanol–water partition coefficient (Wildman–Crippen LogP) is 5.88. The summed E-state index contributed by atoms with van der Waals surface area (Å²) in [6.45, 7) is 13.2. The Labute approximate surface area is 255 Å². The zero-order chi connectivity index (χ0) is 29.9. The highest BCUT2D eigenvalue weighted by Crippen LogP contribution is 2.63. The first kappa shape index (κ1) is 29.5. The lowest BCUT2D eigenvalue weighted by atomic mass is 9.56. The van der Waals surface area contributed by atoms with E-state index in [1.807, 2.05) is 13.8 Å². The molecule has 10 aliphatic rings. The van der Waals surface area contributed by atoms with E-state index in [0.717, 1.165) is 50.7 Å². The average molecular weight is 606 g/mol. The average Bonchev–Trinajstić information content (AvgIpc) is 3.35. The summed E-state index contributed by atoms with van der Waals surface area (Å²) in [6.07, 6.45) is 7.16. The molecule has 8 aliphatic heterocycles. The molecule has 10 fully saturated rings. The number of rotatable bonds is 4. The van der Waals surface area contributed by atoms with E-state index in [9.17, 15) is 0 Å². The van der Waals surface area contributed by atoms with Crippen molar-refractivity contribution in [3.05, 3.63) is 0 Å². The molecule has 242 valence electrons. The largest absolute Gasteiger partial charge is 0.399 e. The van der Waals surface area contributed by atoms with Crippen LogP contribution in [0.15, 0.2) is 5.16 Å². The molecule has 0 amide bonds. The highest BCUT2D eigenvalue weighted by Gasteiger charge is 2.71. The Morgan fingerprint density at radius 1 is 0.674 bits per heavy atom. The van der Waals surface area contributed by atoms with E-state index in [1.165, 1.54) is 6.42 Å². The van der Waals surface area contributed by atoms with Crippen molar-refractivity contribution in [2.45, 2.75) is 147 Å². The third-order valence-electron chi connectivity index (χ3n) is 13.4. The molecule has 43 heavy (non-hydrogen) atoms. The van der Waals surface area contributed by atoms with Gasteiger partial charge in [0.05, 0.1) is 11.8 Å².